The van der Waals surface area contributed by atoms with Crippen molar-refractivity contribution in [3.05, 3.63) is 106 Å². The van der Waals surface area contributed by atoms with Crippen LogP contribution in [0.3, 0.4) is 0 Å². The van der Waals surface area contributed by atoms with E-state index in [2.05, 4.69) is 44.8 Å². The number of carbonyl (C=O) groups excluding carboxylic acids is 1. The van der Waals surface area contributed by atoms with Gasteiger partial charge in [-0.2, -0.15) is 35.0 Å². The van der Waals surface area contributed by atoms with Gasteiger partial charge in [-0.15, -0.1) is 0 Å². The maximum atomic E-state index is 12.8. The van der Waals surface area contributed by atoms with Crippen molar-refractivity contribution in [3.8, 4) is 11.8 Å². The number of nitrogens with zero attached hydrogens (tertiary/aromatic N) is 4. The standard InChI is InChI=1S/C45H57N6O21P3S2/c1-6-49-33-20-18-29(76(63,64)65)24-31(33)44(2,3)36(49)15-9-7-10-16-37-45(4,5)32-25-30(77(66,67)68)19-21-34(32)50(37)23-12-8-11-17-38(52)47-22-13-14-28-26-51(43(55)48-41(28)46)42-40(54)39(53)35(70-42)27-69-74(59,60)72-75(61,62)71-73(56,57)58/h7,9-10,15-16,18-21,24-26,35,39-40,42,53-54H,6,8,11-12,17,22-23,27H2,1-5H3,(H8-,46,47,48,52,55,56,57,58,59,60,61,62,63,64,65,66,67,68)/p+1/t35-,39-,40-,42-/m1/s1. The Bertz CT molecular complexity index is 3450. The Morgan fingerprint density at radius 2 is 1.55 bits per heavy atom. The molecule has 27 nitrogen and oxygen atoms in total. The second-order valence-electron chi connectivity index (χ2n) is 18.7. The Labute approximate surface area is 442 Å². The summed E-state index contributed by atoms with van der Waals surface area (Å²) in [6.07, 6.45) is 4.96. The Hall–Kier alpha value is -5.05. The minimum atomic E-state index is -5.86. The first-order valence-electron chi connectivity index (χ1n) is 23.2. The number of nitrogens with one attached hydrogen (secondary N) is 1. The summed E-state index contributed by atoms with van der Waals surface area (Å²) in [5.41, 5.74) is 8.13. The maximum absolute atomic E-state index is 12.8. The number of aromatic nitrogens is 2. The first-order valence-corrected chi connectivity index (χ1v) is 30.6. The highest BCUT2D eigenvalue weighted by Gasteiger charge is 2.48. The molecule has 2 aromatic carbocycles. The number of fused-ring (bicyclic) bond motifs is 2. The zero-order valence-corrected chi connectivity index (χ0v) is 46.1. The molecule has 3 aliphatic rings. The number of hydrogen-bond donors (Lipinski definition) is 10. The summed E-state index contributed by atoms with van der Waals surface area (Å²) >= 11 is 0. The van der Waals surface area contributed by atoms with Gasteiger partial charge < -0.3 is 50.5 Å². The third kappa shape index (κ3) is 14.6. The van der Waals surface area contributed by atoms with E-state index in [1.807, 2.05) is 65.0 Å². The van der Waals surface area contributed by atoms with Gasteiger partial charge in [0.1, 0.15) is 30.7 Å². The minimum absolute atomic E-state index is 0.0787. The lowest BCUT2D eigenvalue weighted by Gasteiger charge is -2.25. The number of likely N-dealkylation sites (N-methyl/N-ethyl adjacent to an activating group) is 1. The molecule has 6 atom stereocenters. The molecule has 4 heterocycles. The monoisotopic (exact) mass is 1180 g/mol. The van der Waals surface area contributed by atoms with Crippen LogP contribution in [-0.4, -0.2) is 126 Å². The summed E-state index contributed by atoms with van der Waals surface area (Å²) in [5.74, 6) is 4.61. The lowest BCUT2D eigenvalue weighted by atomic mass is 9.81. The first-order chi connectivity index (χ1) is 35.6. The van der Waals surface area contributed by atoms with Crippen LogP contribution in [-0.2, 0) is 67.4 Å². The Morgan fingerprint density at radius 3 is 2.18 bits per heavy atom. The maximum Gasteiger partial charge on any atom is 0.490 e. The lowest BCUT2D eigenvalue weighted by Crippen LogP contribution is -2.36. The van der Waals surface area contributed by atoms with E-state index in [9.17, 15) is 69.2 Å². The summed E-state index contributed by atoms with van der Waals surface area (Å²) in [7, 11) is -26.1. The van der Waals surface area contributed by atoms with E-state index in [0.717, 1.165) is 34.5 Å². The van der Waals surface area contributed by atoms with Crippen molar-refractivity contribution in [1.29, 1.82) is 0 Å². The summed E-state index contributed by atoms with van der Waals surface area (Å²) < 4.78 is 122. The van der Waals surface area contributed by atoms with Crippen LogP contribution < -0.4 is 21.6 Å². The second kappa shape index (κ2) is 23.3. The van der Waals surface area contributed by atoms with Crippen molar-refractivity contribution < 1.29 is 96.7 Å². The fourth-order valence-corrected chi connectivity index (χ4v) is 13.0. The van der Waals surface area contributed by atoms with Crippen LogP contribution in [0.25, 0.3) is 0 Å². The van der Waals surface area contributed by atoms with Crippen LogP contribution in [0.4, 0.5) is 17.2 Å². The number of anilines is 2. The SMILES string of the molecule is CCN1C(=CC=CC=CC2=[N+](CCCCCC(=O)NCC#Cc3cn([C@@H]4O[C@H](COP(=O)(O)OP(=O)(O)OP(=O)(O)O)[C@@H](O)[C@H]4O)c(=O)nc3N)c3ccc(S(=O)(=O)O)cc3C2(C)C)C(C)(C)c2cc(S(=O)(=O)O)ccc21. The molecule has 1 aromatic heterocycles. The van der Waals surface area contributed by atoms with Gasteiger partial charge in [-0.25, -0.2) is 18.5 Å². The third-order valence-corrected chi connectivity index (χ3v) is 18.2. The van der Waals surface area contributed by atoms with E-state index in [-0.39, 0.29) is 40.0 Å². The Morgan fingerprint density at radius 1 is 0.896 bits per heavy atom. The predicted molar refractivity (Wildman–Crippen MR) is 275 cm³/mol. The molecule has 3 aromatic rings. The number of nitrogens with two attached hydrogens (primary N) is 1. The van der Waals surface area contributed by atoms with Crippen LogP contribution in [0.15, 0.2) is 93.3 Å². The Kier molecular flexibility index (Phi) is 18.5. The van der Waals surface area contributed by atoms with Crippen molar-refractivity contribution in [2.24, 2.45) is 0 Å². The number of hydrogen-bond acceptors (Lipinski definition) is 18. The van der Waals surface area contributed by atoms with Crippen molar-refractivity contribution in [2.45, 2.75) is 105 Å². The fourth-order valence-electron chi connectivity index (χ4n) is 9.00. The molecular formula is C45H58N6O21P3S2+. The number of rotatable bonds is 21. The van der Waals surface area contributed by atoms with E-state index < -0.39 is 91.4 Å². The van der Waals surface area contributed by atoms with E-state index >= 15 is 0 Å². The molecule has 0 bridgehead atoms. The highest BCUT2D eigenvalue weighted by atomic mass is 32.2. The van der Waals surface area contributed by atoms with E-state index in [0.29, 0.717) is 42.5 Å². The lowest BCUT2D eigenvalue weighted by molar-refractivity contribution is -0.438. The van der Waals surface area contributed by atoms with Crippen molar-refractivity contribution in [3.63, 3.8) is 0 Å². The molecule has 77 heavy (non-hydrogen) atoms. The molecule has 0 radical (unpaired) electrons. The number of phosphoric ester groups is 1. The number of allylic oxidation sites excluding steroid dienone is 6. The third-order valence-electron chi connectivity index (χ3n) is 12.7. The second-order valence-corrected chi connectivity index (χ2v) is 26.0. The molecule has 0 spiro atoms. The van der Waals surface area contributed by atoms with E-state index in [4.69, 9.17) is 20.3 Å². The number of benzene rings is 2. The van der Waals surface area contributed by atoms with Gasteiger partial charge in [-0.1, -0.05) is 43.9 Å². The van der Waals surface area contributed by atoms with Gasteiger partial charge in [0.25, 0.3) is 20.2 Å². The first kappa shape index (κ1) is 61.2. The number of phosphoric acid groups is 3. The van der Waals surface area contributed by atoms with Crippen molar-refractivity contribution in [2.75, 3.05) is 36.9 Å². The summed E-state index contributed by atoms with van der Waals surface area (Å²) in [5, 5.41) is 23.8. The average Bonchev–Trinajstić information content (AvgIpc) is 3.81. The highest BCUT2D eigenvalue weighted by molar-refractivity contribution is 7.86. The molecule has 1 amide bonds. The van der Waals surface area contributed by atoms with Gasteiger partial charge in [-0.3, -0.25) is 23.0 Å². The van der Waals surface area contributed by atoms with Gasteiger partial charge in [0, 0.05) is 60.1 Å². The number of ether oxygens (including phenoxy) is 1. The minimum Gasteiger partial charge on any atom is -0.387 e. The van der Waals surface area contributed by atoms with Crippen molar-refractivity contribution in [1.82, 2.24) is 14.9 Å². The van der Waals surface area contributed by atoms with Crippen LogP contribution >= 0.6 is 23.5 Å². The summed E-state index contributed by atoms with van der Waals surface area (Å²) in [6.45, 7) is 9.54. The molecule has 6 rings (SSSR count). The van der Waals surface area contributed by atoms with Crippen molar-refractivity contribution >= 4 is 72.5 Å². The molecule has 1 fully saturated rings. The number of nitrogen functional groups attached to an aromatic ring is 1. The van der Waals surface area contributed by atoms with Crippen LogP contribution in [0.2, 0.25) is 0 Å². The number of carbonyl (C=O) groups is 1. The van der Waals surface area contributed by atoms with Gasteiger partial charge in [0.05, 0.1) is 33.9 Å². The molecule has 3 aliphatic heterocycles. The zero-order valence-electron chi connectivity index (χ0n) is 41.8. The molecule has 0 saturated carbocycles. The molecule has 0 aliphatic carbocycles. The quantitative estimate of drug-likeness (QED) is 0.0183. The topological polar surface area (TPSA) is 415 Å². The largest absolute Gasteiger partial charge is 0.490 e. The van der Waals surface area contributed by atoms with E-state index in [1.54, 1.807) is 12.1 Å². The Balaban J connectivity index is 1.06. The fraction of sp³-hybridized carbons (Fsp3) is 0.422. The van der Waals surface area contributed by atoms with Crippen LogP contribution in [0.1, 0.15) is 83.2 Å². The van der Waals surface area contributed by atoms with Crippen LogP contribution in [0, 0.1) is 11.8 Å². The molecule has 420 valence electrons. The van der Waals surface area contributed by atoms with Gasteiger partial charge in [0.2, 0.25) is 11.6 Å². The predicted octanol–water partition coefficient (Wildman–Crippen LogP) is 3.20. The van der Waals surface area contributed by atoms with E-state index in [1.165, 1.54) is 24.3 Å². The number of amides is 1. The van der Waals surface area contributed by atoms with Crippen LogP contribution in [0.5, 0.6) is 0 Å². The van der Waals surface area contributed by atoms with Gasteiger partial charge in [0.15, 0.2) is 11.9 Å². The highest BCUT2D eigenvalue weighted by Crippen LogP contribution is 2.66. The molecule has 2 unspecified atom stereocenters. The zero-order chi connectivity index (χ0) is 57.3. The number of unbranched alkanes of at least 4 members (excludes halogenated alkanes) is 2. The number of aliphatic hydroxyl groups is 2. The molecular weight excluding hydrogens is 1120 g/mol. The number of aliphatic hydroxyl groups excluding tert-OH is 2. The smallest absolute Gasteiger partial charge is 0.387 e. The normalized spacial score (nSPS) is 22.2. The molecule has 32 heteroatoms. The van der Waals surface area contributed by atoms with Gasteiger partial charge >= 0.3 is 29.2 Å². The summed E-state index contributed by atoms with van der Waals surface area (Å²) in [6, 6.07) is 8.96. The van der Waals surface area contributed by atoms with Gasteiger partial charge in [-0.05, 0) is 75.6 Å². The molecule has 1 saturated heterocycles. The summed E-state index contributed by atoms with van der Waals surface area (Å²) in [4.78, 5) is 67.3. The average molecular weight is 1180 g/mol. The molecule has 11 N–H and O–H groups in total.